The number of esters is 1. The van der Waals surface area contributed by atoms with Gasteiger partial charge in [0.15, 0.2) is 0 Å². The molecule has 0 radical (unpaired) electrons. The number of imide groups is 1. The fourth-order valence-corrected chi connectivity index (χ4v) is 1.73. The Morgan fingerprint density at radius 2 is 1.95 bits per heavy atom. The first-order valence-corrected chi connectivity index (χ1v) is 5.17. The summed E-state index contributed by atoms with van der Waals surface area (Å²) in [5.41, 5.74) is -0.331. The van der Waals surface area contributed by atoms with E-state index in [0.29, 0.717) is 4.90 Å². The van der Waals surface area contributed by atoms with Gasteiger partial charge >= 0.3 is 5.97 Å². The molecule has 0 saturated carbocycles. The number of hydrogen-bond donors (Lipinski definition) is 0. The molecule has 0 spiro atoms. The van der Waals surface area contributed by atoms with Crippen LogP contribution in [0.25, 0.3) is 0 Å². The van der Waals surface area contributed by atoms with Crippen molar-refractivity contribution >= 4 is 23.5 Å². The van der Waals surface area contributed by atoms with E-state index in [0.717, 1.165) is 19.2 Å². The van der Waals surface area contributed by atoms with Crippen LogP contribution in [0, 0.1) is 10.1 Å². The second kappa shape index (κ2) is 4.48. The molecule has 0 aliphatic carbocycles. The predicted octanol–water partition coefficient (Wildman–Crippen LogP) is 0.364. The number of nitro groups is 1. The highest BCUT2D eigenvalue weighted by atomic mass is 16.6. The maximum Gasteiger partial charge on any atom is 0.325 e. The van der Waals surface area contributed by atoms with E-state index in [1.807, 2.05) is 0 Å². The lowest BCUT2D eigenvalue weighted by molar-refractivity contribution is -0.384. The molecule has 8 nitrogen and oxygen atoms in total. The lowest BCUT2D eigenvalue weighted by Crippen LogP contribution is -2.35. The van der Waals surface area contributed by atoms with E-state index in [1.54, 1.807) is 0 Å². The van der Waals surface area contributed by atoms with Crippen molar-refractivity contribution in [1.82, 2.24) is 4.90 Å². The molecule has 0 unspecified atom stereocenters. The number of methoxy groups -OCH3 is 1. The number of hydrogen-bond acceptors (Lipinski definition) is 6. The van der Waals surface area contributed by atoms with Gasteiger partial charge in [-0.1, -0.05) is 0 Å². The van der Waals surface area contributed by atoms with Crippen LogP contribution in [0.5, 0.6) is 0 Å². The second-order valence-corrected chi connectivity index (χ2v) is 3.76. The molecular weight excluding hydrogens is 256 g/mol. The van der Waals surface area contributed by atoms with Gasteiger partial charge in [-0.2, -0.15) is 0 Å². The van der Waals surface area contributed by atoms with Crippen molar-refractivity contribution in [3.8, 4) is 0 Å². The first kappa shape index (κ1) is 12.7. The number of fused-ring (bicyclic) bond motifs is 1. The van der Waals surface area contributed by atoms with Crippen LogP contribution in [-0.4, -0.2) is 41.3 Å². The summed E-state index contributed by atoms with van der Waals surface area (Å²) >= 11 is 0. The molecule has 1 heterocycles. The van der Waals surface area contributed by atoms with Crippen LogP contribution in [0.4, 0.5) is 5.69 Å². The van der Waals surface area contributed by atoms with Gasteiger partial charge in [0.05, 0.1) is 23.2 Å². The van der Waals surface area contributed by atoms with Gasteiger partial charge < -0.3 is 4.74 Å². The molecule has 0 bridgehead atoms. The summed E-state index contributed by atoms with van der Waals surface area (Å²) in [5.74, 6) is -2.15. The number of carbonyl (C=O) groups excluding carboxylic acids is 3. The fourth-order valence-electron chi connectivity index (χ4n) is 1.73. The third-order valence-corrected chi connectivity index (χ3v) is 2.68. The Kier molecular flexibility index (Phi) is 2.99. The van der Waals surface area contributed by atoms with Crippen molar-refractivity contribution in [2.24, 2.45) is 0 Å². The van der Waals surface area contributed by atoms with Crippen LogP contribution < -0.4 is 0 Å². The minimum atomic E-state index is -0.746. The van der Waals surface area contributed by atoms with Gasteiger partial charge in [-0.15, -0.1) is 0 Å². The molecule has 19 heavy (non-hydrogen) atoms. The van der Waals surface area contributed by atoms with E-state index in [9.17, 15) is 24.5 Å². The molecule has 1 aliphatic heterocycles. The summed E-state index contributed by atoms with van der Waals surface area (Å²) in [4.78, 5) is 45.5. The van der Waals surface area contributed by atoms with Crippen molar-refractivity contribution in [1.29, 1.82) is 0 Å². The van der Waals surface area contributed by atoms with Gasteiger partial charge in [0, 0.05) is 12.1 Å². The molecule has 0 N–H and O–H groups in total. The third kappa shape index (κ3) is 2.03. The monoisotopic (exact) mass is 264 g/mol. The van der Waals surface area contributed by atoms with Gasteiger partial charge in [-0.05, 0) is 6.07 Å². The van der Waals surface area contributed by atoms with Crippen LogP contribution in [0.2, 0.25) is 0 Å². The van der Waals surface area contributed by atoms with E-state index in [1.165, 1.54) is 6.07 Å². The smallest absolute Gasteiger partial charge is 0.325 e. The Labute approximate surface area is 106 Å². The molecule has 1 aromatic rings. The Hall–Kier alpha value is -2.77. The lowest BCUT2D eigenvalue weighted by atomic mass is 10.1. The van der Waals surface area contributed by atoms with Crippen LogP contribution in [-0.2, 0) is 9.53 Å². The largest absolute Gasteiger partial charge is 0.468 e. The number of nitro benzene ring substituents is 1. The van der Waals surface area contributed by atoms with Gasteiger partial charge in [0.2, 0.25) is 0 Å². The Balaban J connectivity index is 2.38. The number of ether oxygens (including phenoxy) is 1. The summed E-state index contributed by atoms with van der Waals surface area (Å²) in [6.07, 6.45) is 0. The minimum absolute atomic E-state index is 0.0412. The maximum absolute atomic E-state index is 11.9. The first-order valence-electron chi connectivity index (χ1n) is 5.17. The second-order valence-electron chi connectivity index (χ2n) is 3.76. The van der Waals surface area contributed by atoms with Crippen LogP contribution in [0.1, 0.15) is 20.7 Å². The number of benzene rings is 1. The van der Waals surface area contributed by atoms with Crippen molar-refractivity contribution in [2.45, 2.75) is 0 Å². The molecule has 0 aromatic heterocycles. The number of amides is 2. The van der Waals surface area contributed by atoms with E-state index >= 15 is 0 Å². The minimum Gasteiger partial charge on any atom is -0.468 e. The zero-order valence-corrected chi connectivity index (χ0v) is 9.78. The summed E-state index contributed by atoms with van der Waals surface area (Å²) in [6.45, 7) is -0.517. The van der Waals surface area contributed by atoms with E-state index in [4.69, 9.17) is 0 Å². The van der Waals surface area contributed by atoms with Gasteiger partial charge in [0.25, 0.3) is 17.5 Å². The van der Waals surface area contributed by atoms with Crippen molar-refractivity contribution in [3.05, 3.63) is 39.4 Å². The normalized spacial score (nSPS) is 13.4. The molecular formula is C11H8N2O6. The van der Waals surface area contributed by atoms with Gasteiger partial charge in [-0.25, -0.2) is 0 Å². The van der Waals surface area contributed by atoms with Crippen LogP contribution >= 0.6 is 0 Å². The van der Waals surface area contributed by atoms with Crippen molar-refractivity contribution in [3.63, 3.8) is 0 Å². The molecule has 2 rings (SSSR count). The number of nitrogens with zero attached hydrogens (tertiary/aromatic N) is 2. The molecule has 8 heteroatoms. The highest BCUT2D eigenvalue weighted by molar-refractivity contribution is 6.22. The molecule has 2 amide bonds. The fraction of sp³-hybridized carbons (Fsp3) is 0.182. The average molecular weight is 264 g/mol. The quantitative estimate of drug-likeness (QED) is 0.337. The van der Waals surface area contributed by atoms with Crippen LogP contribution in [0.15, 0.2) is 18.2 Å². The molecule has 1 aliphatic rings. The third-order valence-electron chi connectivity index (χ3n) is 2.68. The summed E-state index contributed by atoms with van der Waals surface area (Å²) < 4.78 is 4.38. The topological polar surface area (TPSA) is 107 Å². The maximum atomic E-state index is 11.9. The first-order chi connectivity index (χ1) is 8.95. The molecule has 0 atom stereocenters. The van der Waals surface area contributed by atoms with E-state index in [-0.39, 0.29) is 16.8 Å². The molecule has 0 saturated heterocycles. The van der Waals surface area contributed by atoms with Crippen molar-refractivity contribution < 1.29 is 24.0 Å². The summed E-state index contributed by atoms with van der Waals surface area (Å²) in [5, 5.41) is 10.6. The standard InChI is InChI=1S/C11H8N2O6/c1-19-9(14)5-12-10(15)7-3-2-6(13(17)18)4-8(7)11(12)16/h2-4H,5H2,1H3. The van der Waals surface area contributed by atoms with Gasteiger partial charge in [0.1, 0.15) is 6.54 Å². The van der Waals surface area contributed by atoms with E-state index in [2.05, 4.69) is 4.74 Å². The number of rotatable bonds is 3. The van der Waals surface area contributed by atoms with Gasteiger partial charge in [-0.3, -0.25) is 29.4 Å². The predicted molar refractivity (Wildman–Crippen MR) is 60.5 cm³/mol. The zero-order chi connectivity index (χ0) is 14.2. The molecule has 1 aromatic carbocycles. The molecule has 0 fully saturated rings. The highest BCUT2D eigenvalue weighted by Gasteiger charge is 2.37. The van der Waals surface area contributed by atoms with Crippen LogP contribution in [0.3, 0.4) is 0 Å². The summed E-state index contributed by atoms with van der Waals surface area (Å²) in [7, 11) is 1.13. The molecule has 98 valence electrons. The SMILES string of the molecule is COC(=O)CN1C(=O)c2ccc([N+](=O)[O-])cc2C1=O. The Morgan fingerprint density at radius 1 is 1.32 bits per heavy atom. The Morgan fingerprint density at radius 3 is 2.53 bits per heavy atom. The summed E-state index contributed by atoms with van der Waals surface area (Å²) in [6, 6.07) is 3.35. The average Bonchev–Trinajstić information content (AvgIpc) is 2.63. The highest BCUT2D eigenvalue weighted by Crippen LogP contribution is 2.26. The Bertz CT molecular complexity index is 609. The van der Waals surface area contributed by atoms with E-state index < -0.39 is 29.3 Å². The number of carbonyl (C=O) groups is 3. The zero-order valence-electron chi connectivity index (χ0n) is 9.78. The van der Waals surface area contributed by atoms with Crippen molar-refractivity contribution in [2.75, 3.05) is 13.7 Å². The number of non-ortho nitro benzene ring substituents is 1. The lowest BCUT2D eigenvalue weighted by Gasteiger charge is -2.11.